The van der Waals surface area contributed by atoms with Gasteiger partial charge >= 0.3 is 0 Å². The number of aromatic hydroxyl groups is 1. The molecule has 7 atom stereocenters. The van der Waals surface area contributed by atoms with Gasteiger partial charge in [0.15, 0.2) is 0 Å². The first-order valence-electron chi connectivity index (χ1n) is 21.9. The number of hydrogen-bond acceptors (Lipinski definition) is 8. The van der Waals surface area contributed by atoms with Crippen LogP contribution in [-0.4, -0.2) is 99.7 Å². The maximum atomic E-state index is 14.5. The molecule has 0 radical (unpaired) electrons. The van der Waals surface area contributed by atoms with Crippen molar-refractivity contribution in [3.05, 3.63) is 29.8 Å². The first kappa shape index (κ1) is 49.7. The van der Waals surface area contributed by atoms with Crippen molar-refractivity contribution >= 4 is 41.4 Å². The van der Waals surface area contributed by atoms with Crippen LogP contribution in [0.3, 0.4) is 0 Å². The highest BCUT2D eigenvalue weighted by Crippen LogP contribution is 2.24. The molecule has 7 N–H and O–H groups in total. The van der Waals surface area contributed by atoms with Gasteiger partial charge in [-0.25, -0.2) is 0 Å². The number of carbonyl (C=O) groups excluding carboxylic acids is 7. The number of phenolic OH excluding ortho intramolecular Hbond substituents is 1. The van der Waals surface area contributed by atoms with Crippen LogP contribution in [0.5, 0.6) is 5.75 Å². The van der Waals surface area contributed by atoms with Crippen molar-refractivity contribution in [1.82, 2.24) is 36.8 Å². The van der Waals surface area contributed by atoms with E-state index in [4.69, 9.17) is 0 Å². The van der Waals surface area contributed by atoms with E-state index in [0.29, 0.717) is 18.4 Å². The normalized spacial score (nSPS) is 27.0. The molecular formula is C45H73N7O8. The van der Waals surface area contributed by atoms with Crippen LogP contribution in [0.1, 0.15) is 127 Å². The second-order valence-electron chi connectivity index (χ2n) is 19.3. The molecule has 7 amide bonds. The van der Waals surface area contributed by atoms with Gasteiger partial charge in [0, 0.05) is 13.0 Å². The van der Waals surface area contributed by atoms with Crippen molar-refractivity contribution in [3.63, 3.8) is 0 Å². The Balaban J connectivity index is 2.20. The summed E-state index contributed by atoms with van der Waals surface area (Å²) in [5, 5.41) is 27.3. The smallest absolute Gasteiger partial charge is 0.246 e. The number of nitrogens with zero attached hydrogens (tertiary/aromatic N) is 1. The fourth-order valence-corrected chi connectivity index (χ4v) is 8.16. The number of hydrogen-bond donors (Lipinski definition) is 7. The van der Waals surface area contributed by atoms with Gasteiger partial charge in [-0.3, -0.25) is 33.6 Å². The molecule has 2 heterocycles. The molecule has 2 aliphatic rings. The first-order chi connectivity index (χ1) is 28.0. The van der Waals surface area contributed by atoms with Gasteiger partial charge in [0.2, 0.25) is 41.4 Å². The molecule has 3 rings (SSSR count). The van der Waals surface area contributed by atoms with E-state index in [1.807, 2.05) is 69.2 Å². The summed E-state index contributed by atoms with van der Waals surface area (Å²) >= 11 is 0. The minimum absolute atomic E-state index is 0.00561. The van der Waals surface area contributed by atoms with Crippen LogP contribution < -0.4 is 31.9 Å². The number of fused-ring (bicyclic) bond motifs is 1. The largest absolute Gasteiger partial charge is 0.508 e. The maximum Gasteiger partial charge on any atom is 0.246 e. The second-order valence-corrected chi connectivity index (χ2v) is 19.3. The molecule has 1 aromatic carbocycles. The van der Waals surface area contributed by atoms with Crippen molar-refractivity contribution in [2.75, 3.05) is 6.54 Å². The average molecular weight is 840 g/mol. The van der Waals surface area contributed by atoms with Crippen LogP contribution in [-0.2, 0) is 40.0 Å². The fraction of sp³-hybridized carbons (Fsp3) is 0.711. The Hall–Kier alpha value is -4.69. The van der Waals surface area contributed by atoms with E-state index in [-0.39, 0.29) is 80.4 Å². The van der Waals surface area contributed by atoms with Gasteiger partial charge in [0.25, 0.3) is 0 Å². The Bertz CT molecular complexity index is 1660. The molecule has 2 fully saturated rings. The van der Waals surface area contributed by atoms with Crippen LogP contribution in [0, 0.1) is 29.6 Å². The van der Waals surface area contributed by atoms with E-state index in [0.717, 1.165) is 0 Å². The van der Waals surface area contributed by atoms with E-state index >= 15 is 0 Å². The summed E-state index contributed by atoms with van der Waals surface area (Å²) in [6.45, 7) is 21.0. The van der Waals surface area contributed by atoms with Gasteiger partial charge in [0.1, 0.15) is 47.5 Å². The zero-order chi connectivity index (χ0) is 45.1. The molecule has 60 heavy (non-hydrogen) atoms. The number of phenols is 1. The highest BCUT2D eigenvalue weighted by molar-refractivity contribution is 5.99. The third-order valence-corrected chi connectivity index (χ3v) is 10.9. The lowest BCUT2D eigenvalue weighted by molar-refractivity contribution is -0.144. The van der Waals surface area contributed by atoms with Crippen LogP contribution in [0.4, 0.5) is 0 Å². The molecule has 0 saturated carbocycles. The lowest BCUT2D eigenvalue weighted by atomic mass is 9.88. The lowest BCUT2D eigenvalue weighted by Gasteiger charge is -2.36. The topological polar surface area (TPSA) is 215 Å². The summed E-state index contributed by atoms with van der Waals surface area (Å²) in [4.78, 5) is 101. The lowest BCUT2D eigenvalue weighted by Crippen LogP contribution is -2.64. The standard InChI is InChI=1S/C45H73N7O8/c1-25(2)19-32-38(54)46-33(20-26(3)4)39(55)48-34(21-27(5)6)41(57)51-45(11,24-29(9)10)44(60)50-36(22-28(7)8)43(59)52-18-12-13-37(52)42(58)49-35(40(56)47-32)23-30-14-16-31(53)17-15-30/h14-17,25-29,32-37,53H,12-13,18-24H2,1-11H3,(H,46,54)(H,47,56)(H,48,55)(H,49,58)(H,50,60)(H,51,57)/t32-,33+,34-,35+,36+,37+,45+/m1/s1. The Morgan fingerprint density at radius 3 is 1.48 bits per heavy atom. The van der Waals surface area contributed by atoms with Crippen molar-refractivity contribution in [2.24, 2.45) is 29.6 Å². The summed E-state index contributed by atoms with van der Waals surface area (Å²) in [6.07, 6.45) is 1.99. The minimum Gasteiger partial charge on any atom is -0.508 e. The molecule has 0 unspecified atom stereocenters. The number of rotatable bonds is 12. The third kappa shape index (κ3) is 14.8. The minimum atomic E-state index is -1.50. The van der Waals surface area contributed by atoms with Gasteiger partial charge in [-0.05, 0) is 99.2 Å². The van der Waals surface area contributed by atoms with Crippen molar-refractivity contribution in [1.29, 1.82) is 0 Å². The van der Waals surface area contributed by atoms with E-state index in [1.165, 1.54) is 17.0 Å². The Labute approximate surface area is 357 Å². The summed E-state index contributed by atoms with van der Waals surface area (Å²) < 4.78 is 0. The fourth-order valence-electron chi connectivity index (χ4n) is 8.16. The molecule has 15 nitrogen and oxygen atoms in total. The highest BCUT2D eigenvalue weighted by Gasteiger charge is 2.43. The van der Waals surface area contributed by atoms with Gasteiger partial charge in [-0.15, -0.1) is 0 Å². The van der Waals surface area contributed by atoms with Crippen molar-refractivity contribution < 1.29 is 38.7 Å². The monoisotopic (exact) mass is 840 g/mol. The van der Waals surface area contributed by atoms with Gasteiger partial charge in [0.05, 0.1) is 0 Å². The van der Waals surface area contributed by atoms with Crippen LogP contribution in [0.15, 0.2) is 24.3 Å². The van der Waals surface area contributed by atoms with Crippen LogP contribution in [0.25, 0.3) is 0 Å². The number of benzene rings is 1. The van der Waals surface area contributed by atoms with Crippen molar-refractivity contribution in [2.45, 2.75) is 169 Å². The summed E-state index contributed by atoms with van der Waals surface area (Å²) in [5.74, 6) is -4.24. The molecule has 1 aromatic rings. The van der Waals surface area contributed by atoms with Crippen molar-refractivity contribution in [3.8, 4) is 5.75 Å². The number of amides is 7. The number of carbonyl (C=O) groups is 7. The Kier molecular flexibility index (Phi) is 18.4. The molecule has 0 aromatic heterocycles. The molecule has 336 valence electrons. The zero-order valence-corrected chi connectivity index (χ0v) is 37.8. The molecule has 2 aliphatic heterocycles. The number of nitrogens with one attached hydrogen (secondary N) is 6. The molecule has 2 saturated heterocycles. The van der Waals surface area contributed by atoms with E-state index in [9.17, 15) is 38.7 Å². The predicted octanol–water partition coefficient (Wildman–Crippen LogP) is 3.47. The molecule has 15 heteroatoms. The third-order valence-electron chi connectivity index (χ3n) is 10.9. The van der Waals surface area contributed by atoms with E-state index in [1.54, 1.807) is 19.1 Å². The second kappa shape index (κ2) is 22.2. The van der Waals surface area contributed by atoms with Crippen LogP contribution >= 0.6 is 0 Å². The molecule has 0 spiro atoms. The van der Waals surface area contributed by atoms with Gasteiger partial charge < -0.3 is 41.9 Å². The summed E-state index contributed by atoms with van der Waals surface area (Å²) in [5.41, 5.74) is -0.871. The average Bonchev–Trinajstić information content (AvgIpc) is 3.63. The molecule has 0 aliphatic carbocycles. The molecular weight excluding hydrogens is 767 g/mol. The zero-order valence-electron chi connectivity index (χ0n) is 37.8. The summed E-state index contributed by atoms with van der Waals surface area (Å²) in [6, 6.07) is -0.210. The van der Waals surface area contributed by atoms with Gasteiger partial charge in [-0.1, -0.05) is 81.4 Å². The van der Waals surface area contributed by atoms with E-state index in [2.05, 4.69) is 31.9 Å². The SMILES string of the molecule is CC(C)C[C@@H]1NC(=O)[C@@H](CC(C)C)NC(=O)[C@H](Cc2ccc(O)cc2)NC(=O)[C@@H]2CCCN2C(=O)[C@H](CC(C)C)NC(=O)[C@](C)(CC(C)C)NC(=O)[C@@H](CC(C)C)NC1=O. The highest BCUT2D eigenvalue weighted by atomic mass is 16.3. The van der Waals surface area contributed by atoms with Crippen LogP contribution in [0.2, 0.25) is 0 Å². The first-order valence-corrected chi connectivity index (χ1v) is 21.9. The van der Waals surface area contributed by atoms with E-state index < -0.39 is 83.1 Å². The molecule has 0 bridgehead atoms. The Morgan fingerprint density at radius 2 is 1.02 bits per heavy atom. The summed E-state index contributed by atoms with van der Waals surface area (Å²) in [7, 11) is 0. The Morgan fingerprint density at radius 1 is 0.583 bits per heavy atom. The maximum absolute atomic E-state index is 14.5. The van der Waals surface area contributed by atoms with Gasteiger partial charge in [-0.2, -0.15) is 0 Å². The quantitative estimate of drug-likeness (QED) is 0.165. The predicted molar refractivity (Wildman–Crippen MR) is 230 cm³/mol.